The average Bonchev–Trinajstić information content (AvgIpc) is 2.67. The predicted octanol–water partition coefficient (Wildman–Crippen LogP) is 0.0753. The highest BCUT2D eigenvalue weighted by atomic mass is 16.6. The summed E-state index contributed by atoms with van der Waals surface area (Å²) in [5, 5.41) is 77.5. The quantitative estimate of drug-likeness (QED) is 0.244. The number of carboxylic acids is 2. The number of ether oxygens (including phenoxy) is 1. The van der Waals surface area contributed by atoms with Gasteiger partial charge in [-0.05, 0) is 28.1 Å². The van der Waals surface area contributed by atoms with Crippen molar-refractivity contribution in [3.8, 4) is 0 Å². The summed E-state index contributed by atoms with van der Waals surface area (Å²) in [6, 6.07) is 0. The molecule has 212 valence electrons. The molecular weight excluding hydrogens is 476 g/mol. The molecule has 8 N–H and O–H groups in total. The van der Waals surface area contributed by atoms with Crippen LogP contribution in [0.4, 0.5) is 0 Å². The summed E-state index contributed by atoms with van der Waals surface area (Å²) in [6.07, 6.45) is -10.8. The van der Waals surface area contributed by atoms with Gasteiger partial charge in [0, 0.05) is 0 Å². The molecule has 2 rings (SSSR count). The van der Waals surface area contributed by atoms with Gasteiger partial charge in [0.05, 0.1) is 24.2 Å². The topological polar surface area (TPSA) is 205 Å². The Morgan fingerprint density at radius 3 is 1.28 bits per heavy atom. The summed E-state index contributed by atoms with van der Waals surface area (Å²) in [6.45, 7) is 16.7. The molecule has 11 nitrogen and oxygen atoms in total. The number of hydrogen-bond acceptors (Lipinski definition) is 9. The lowest BCUT2D eigenvalue weighted by atomic mass is 9.53. The van der Waals surface area contributed by atoms with E-state index in [1.165, 1.54) is 0 Å². The van der Waals surface area contributed by atoms with Gasteiger partial charge in [0.2, 0.25) is 0 Å². The van der Waals surface area contributed by atoms with Crippen LogP contribution in [0.3, 0.4) is 0 Å². The molecule has 11 unspecified atom stereocenters. The van der Waals surface area contributed by atoms with Crippen LogP contribution in [0.25, 0.3) is 0 Å². The molecule has 1 saturated heterocycles. The molecule has 2 aliphatic rings. The van der Waals surface area contributed by atoms with Crippen LogP contribution >= 0.6 is 0 Å². The second-order valence-corrected chi connectivity index (χ2v) is 13.3. The second-order valence-electron chi connectivity index (χ2n) is 13.3. The van der Waals surface area contributed by atoms with Crippen molar-refractivity contribution >= 4 is 11.9 Å². The Morgan fingerprint density at radius 2 is 0.944 bits per heavy atom. The minimum atomic E-state index is -1.62. The summed E-state index contributed by atoms with van der Waals surface area (Å²) in [5.74, 6) is -4.42. The van der Waals surface area contributed by atoms with Gasteiger partial charge in [-0.25, -0.2) is 4.79 Å². The van der Waals surface area contributed by atoms with E-state index in [9.17, 15) is 45.3 Å². The van der Waals surface area contributed by atoms with E-state index in [0.717, 1.165) is 0 Å². The van der Waals surface area contributed by atoms with Crippen molar-refractivity contribution in [3.63, 3.8) is 0 Å². The third-order valence-electron chi connectivity index (χ3n) is 7.20. The largest absolute Gasteiger partial charge is 0.481 e. The predicted molar refractivity (Wildman–Crippen MR) is 129 cm³/mol. The van der Waals surface area contributed by atoms with Crippen LogP contribution in [-0.4, -0.2) is 102 Å². The fourth-order valence-corrected chi connectivity index (χ4v) is 5.50. The second kappa shape index (κ2) is 11.2. The zero-order chi connectivity index (χ0) is 28.7. The van der Waals surface area contributed by atoms with Crippen LogP contribution < -0.4 is 0 Å². The van der Waals surface area contributed by atoms with Gasteiger partial charge in [-0.2, -0.15) is 0 Å². The first-order chi connectivity index (χ1) is 16.0. The average molecular weight is 523 g/mol. The van der Waals surface area contributed by atoms with E-state index in [-0.39, 0.29) is 5.41 Å². The van der Waals surface area contributed by atoms with E-state index in [2.05, 4.69) is 0 Å². The Balaban J connectivity index is 0.000000369. The van der Waals surface area contributed by atoms with Gasteiger partial charge in [0.25, 0.3) is 0 Å². The van der Waals surface area contributed by atoms with Crippen LogP contribution in [0.5, 0.6) is 0 Å². The Hall–Kier alpha value is -1.34. The number of aliphatic hydroxyl groups excluding tert-OH is 6. The van der Waals surface area contributed by atoms with Crippen molar-refractivity contribution in [2.24, 2.45) is 34.0 Å². The molecule has 1 saturated carbocycles. The number of rotatable bonds is 2. The zero-order valence-electron chi connectivity index (χ0n) is 22.7. The molecular formula is C25H46O11. The van der Waals surface area contributed by atoms with Gasteiger partial charge in [0.1, 0.15) is 24.4 Å². The number of carbonyl (C=O) groups is 2. The lowest BCUT2D eigenvalue weighted by molar-refractivity contribution is -0.246. The Morgan fingerprint density at radius 1 is 0.528 bits per heavy atom. The number of aliphatic carboxylic acids is 2. The summed E-state index contributed by atoms with van der Waals surface area (Å²) in [4.78, 5) is 22.4. The third kappa shape index (κ3) is 6.94. The molecule has 1 aliphatic heterocycles. The molecule has 36 heavy (non-hydrogen) atoms. The first-order valence-corrected chi connectivity index (χ1v) is 12.2. The lowest BCUT2D eigenvalue weighted by Gasteiger charge is -2.54. The van der Waals surface area contributed by atoms with Crippen molar-refractivity contribution < 1.29 is 55.2 Å². The molecule has 11 atom stereocenters. The van der Waals surface area contributed by atoms with Gasteiger partial charge < -0.3 is 45.6 Å². The van der Waals surface area contributed by atoms with Gasteiger partial charge >= 0.3 is 11.9 Å². The summed E-state index contributed by atoms with van der Waals surface area (Å²) >= 11 is 0. The maximum absolute atomic E-state index is 11.6. The molecule has 0 aromatic rings. The van der Waals surface area contributed by atoms with Crippen LogP contribution in [0.1, 0.15) is 62.3 Å². The highest BCUT2D eigenvalue weighted by molar-refractivity contribution is 5.73. The summed E-state index contributed by atoms with van der Waals surface area (Å²) < 4.78 is 5.15. The van der Waals surface area contributed by atoms with Crippen molar-refractivity contribution in [1.29, 1.82) is 0 Å². The van der Waals surface area contributed by atoms with Crippen molar-refractivity contribution in [3.05, 3.63) is 0 Å². The fourth-order valence-electron chi connectivity index (χ4n) is 5.50. The Bertz CT molecular complexity index is 763. The van der Waals surface area contributed by atoms with Crippen LogP contribution in [0.15, 0.2) is 0 Å². The highest BCUT2D eigenvalue weighted by Crippen LogP contribution is 2.52. The third-order valence-corrected chi connectivity index (χ3v) is 7.20. The monoisotopic (exact) mass is 522 g/mol. The Kier molecular flexibility index (Phi) is 10.2. The zero-order valence-corrected chi connectivity index (χ0v) is 22.7. The molecule has 2 fully saturated rings. The lowest BCUT2D eigenvalue weighted by Crippen LogP contribution is -2.63. The number of aliphatic hydroxyl groups is 6. The van der Waals surface area contributed by atoms with E-state index in [4.69, 9.17) is 9.84 Å². The first-order valence-electron chi connectivity index (χ1n) is 12.2. The molecule has 0 aromatic carbocycles. The van der Waals surface area contributed by atoms with Crippen LogP contribution in [-0.2, 0) is 14.3 Å². The van der Waals surface area contributed by atoms with Gasteiger partial charge in [-0.1, -0.05) is 62.3 Å². The van der Waals surface area contributed by atoms with E-state index < -0.39 is 89.4 Å². The molecule has 0 radical (unpaired) electrons. The number of hydrogen-bond donors (Lipinski definition) is 8. The van der Waals surface area contributed by atoms with Crippen LogP contribution in [0.2, 0.25) is 0 Å². The van der Waals surface area contributed by atoms with Crippen molar-refractivity contribution in [1.82, 2.24) is 0 Å². The normalized spacial score (nSPS) is 40.1. The molecule has 1 heterocycles. The molecule has 0 bridgehead atoms. The minimum Gasteiger partial charge on any atom is -0.481 e. The SMILES string of the molecule is CC(C)(C)C1C(O)C(O)C(O)C(C(=O)O)C1C(C)(C)C.CC(C)(C)C1OC(C(=O)O)C(O)C(O)C1O. The van der Waals surface area contributed by atoms with Gasteiger partial charge in [-0.3, -0.25) is 4.79 Å². The fraction of sp³-hybridized carbons (Fsp3) is 0.920. The number of carboxylic acid groups (broad SMARTS) is 2. The van der Waals surface area contributed by atoms with Gasteiger partial charge in [0.15, 0.2) is 6.10 Å². The molecule has 0 amide bonds. The Labute approximate surface area is 212 Å². The van der Waals surface area contributed by atoms with Crippen molar-refractivity contribution in [2.75, 3.05) is 0 Å². The molecule has 1 aliphatic carbocycles. The maximum atomic E-state index is 11.6. The maximum Gasteiger partial charge on any atom is 0.335 e. The molecule has 0 aromatic heterocycles. The van der Waals surface area contributed by atoms with E-state index in [0.29, 0.717) is 0 Å². The molecule has 0 spiro atoms. The first kappa shape index (κ1) is 32.7. The highest BCUT2D eigenvalue weighted by Gasteiger charge is 2.58. The minimum absolute atomic E-state index is 0.383. The van der Waals surface area contributed by atoms with Crippen molar-refractivity contribution in [2.45, 2.75) is 111 Å². The van der Waals surface area contributed by atoms with Gasteiger partial charge in [-0.15, -0.1) is 0 Å². The standard InChI is InChI=1S/C15H28O5.C10H18O6/c1-14(2,3)8-7(13(19)20)10(16)12(18)11(17)9(8)15(4,5)6;1-10(2,3)8-6(13)4(11)5(12)7(16-8)9(14)15/h7-12,16-18H,1-6H3,(H,19,20);4-8,11-13H,1-3H3,(H,14,15). The van der Waals surface area contributed by atoms with E-state index in [1.54, 1.807) is 20.8 Å². The van der Waals surface area contributed by atoms with E-state index >= 15 is 0 Å². The smallest absolute Gasteiger partial charge is 0.335 e. The summed E-state index contributed by atoms with van der Waals surface area (Å²) in [5.41, 5.74) is -1.33. The van der Waals surface area contributed by atoms with E-state index in [1.807, 2.05) is 41.5 Å². The summed E-state index contributed by atoms with van der Waals surface area (Å²) in [7, 11) is 0. The van der Waals surface area contributed by atoms with Crippen LogP contribution in [0, 0.1) is 34.0 Å². The molecule has 11 heteroatoms.